The molecule has 1 aromatic rings. The maximum atomic E-state index is 13.1. The number of halogens is 3. The highest BCUT2D eigenvalue weighted by Gasteiger charge is 2.40. The van der Waals surface area contributed by atoms with Crippen LogP contribution in [-0.4, -0.2) is 23.5 Å². The van der Waals surface area contributed by atoms with Gasteiger partial charge >= 0.3 is 12.1 Å². The second kappa shape index (κ2) is 9.52. The largest absolute Gasteiger partial charge is 0.462 e. The Kier molecular flexibility index (Phi) is 7.64. The first kappa shape index (κ1) is 21.7. The molecule has 1 amide bonds. The summed E-state index contributed by atoms with van der Waals surface area (Å²) in [4.78, 5) is 27.0. The third kappa shape index (κ3) is 5.92. The molecule has 27 heavy (non-hydrogen) atoms. The van der Waals surface area contributed by atoms with Crippen LogP contribution < -0.4 is 5.32 Å². The topological polar surface area (TPSA) is 68.3 Å². The molecule has 0 atom stereocenters. The van der Waals surface area contributed by atoms with Gasteiger partial charge in [-0.1, -0.05) is 37.5 Å². The van der Waals surface area contributed by atoms with Gasteiger partial charge in [-0.25, -0.2) is 9.78 Å². The molecule has 0 aliphatic heterocycles. The van der Waals surface area contributed by atoms with Gasteiger partial charge in [0, 0.05) is 5.92 Å². The first-order chi connectivity index (χ1) is 12.8. The van der Waals surface area contributed by atoms with Gasteiger partial charge in [-0.3, -0.25) is 4.79 Å². The number of hydrogen-bond acceptors (Lipinski definition) is 5. The highest BCUT2D eigenvalue weighted by Crippen LogP contribution is 2.37. The Bertz CT molecular complexity index is 653. The van der Waals surface area contributed by atoms with Gasteiger partial charge in [-0.05, 0) is 38.5 Å². The van der Waals surface area contributed by atoms with E-state index in [0.717, 1.165) is 38.5 Å². The standard InChI is InChI=1S/C18H25F3N2O3S/c1-3-5-6-11-7-9-12(10-8-11)15(24)23-17-22-14(18(19,20)21)13(27-17)16(25)26-4-2/h11-12H,3-10H2,1-2H3,(H,22,23,24). The SMILES string of the molecule is CCCCC1CCC(C(=O)Nc2nc(C(F)(F)F)c(C(=O)OCC)s2)CC1. The van der Waals surface area contributed by atoms with Gasteiger partial charge in [-0.2, -0.15) is 13.2 Å². The molecule has 9 heteroatoms. The number of alkyl halides is 3. The van der Waals surface area contributed by atoms with Crippen molar-refractivity contribution in [1.29, 1.82) is 0 Å². The molecule has 2 rings (SSSR count). The van der Waals surface area contributed by atoms with E-state index in [2.05, 4.69) is 22.0 Å². The summed E-state index contributed by atoms with van der Waals surface area (Å²) in [6.07, 6.45) is 2.06. The zero-order chi connectivity index (χ0) is 20.0. The maximum Gasteiger partial charge on any atom is 0.435 e. The number of carbonyl (C=O) groups is 2. The second-order valence-corrected chi connectivity index (χ2v) is 7.76. The predicted octanol–water partition coefficient (Wildman–Crippen LogP) is 5.27. The summed E-state index contributed by atoms with van der Waals surface area (Å²) in [6.45, 7) is 3.61. The van der Waals surface area contributed by atoms with E-state index in [1.54, 1.807) is 0 Å². The molecule has 1 aliphatic carbocycles. The van der Waals surface area contributed by atoms with Gasteiger partial charge in [0.15, 0.2) is 10.8 Å². The third-order valence-corrected chi connectivity index (χ3v) is 5.72. The molecular formula is C18H25F3N2O3S. The zero-order valence-corrected chi connectivity index (χ0v) is 16.3. The third-order valence-electron chi connectivity index (χ3n) is 4.77. The van der Waals surface area contributed by atoms with Crippen LogP contribution in [0.4, 0.5) is 18.3 Å². The lowest BCUT2D eigenvalue weighted by Gasteiger charge is -2.27. The number of anilines is 1. The molecule has 0 aromatic carbocycles. The Labute approximate surface area is 160 Å². The summed E-state index contributed by atoms with van der Waals surface area (Å²) in [5.41, 5.74) is -1.32. The monoisotopic (exact) mass is 406 g/mol. The lowest BCUT2D eigenvalue weighted by atomic mass is 9.79. The van der Waals surface area contributed by atoms with Gasteiger partial charge in [0.25, 0.3) is 0 Å². The van der Waals surface area contributed by atoms with Crippen molar-refractivity contribution < 1.29 is 27.5 Å². The molecule has 0 spiro atoms. The van der Waals surface area contributed by atoms with Gasteiger partial charge in [0.2, 0.25) is 5.91 Å². The van der Waals surface area contributed by atoms with Crippen LogP contribution in [0.1, 0.15) is 74.2 Å². The fourth-order valence-electron chi connectivity index (χ4n) is 3.31. The second-order valence-electron chi connectivity index (χ2n) is 6.76. The Hall–Kier alpha value is -1.64. The van der Waals surface area contributed by atoms with Crippen LogP contribution in [0.15, 0.2) is 0 Å². The van der Waals surface area contributed by atoms with Gasteiger partial charge < -0.3 is 10.1 Å². The number of thiazole rings is 1. The number of unbranched alkanes of at least 4 members (excludes halogenated alkanes) is 1. The molecule has 1 N–H and O–H groups in total. The molecule has 1 aromatic heterocycles. The molecular weight excluding hydrogens is 381 g/mol. The van der Waals surface area contributed by atoms with Crippen LogP contribution in [0.5, 0.6) is 0 Å². The fourth-order valence-corrected chi connectivity index (χ4v) is 4.20. The highest BCUT2D eigenvalue weighted by molar-refractivity contribution is 7.17. The van der Waals surface area contributed by atoms with Crippen LogP contribution in [-0.2, 0) is 15.7 Å². The fraction of sp³-hybridized carbons (Fsp3) is 0.722. The van der Waals surface area contributed by atoms with E-state index in [0.29, 0.717) is 17.3 Å². The molecule has 152 valence electrons. The molecule has 1 aliphatic rings. The van der Waals surface area contributed by atoms with Crippen molar-refractivity contribution >= 4 is 28.3 Å². The van der Waals surface area contributed by atoms with E-state index in [-0.39, 0.29) is 23.6 Å². The number of nitrogens with one attached hydrogen (secondary N) is 1. The number of aromatic nitrogens is 1. The Morgan fingerprint density at radius 3 is 2.44 bits per heavy atom. The normalized spacial score (nSPS) is 20.3. The number of rotatable bonds is 7. The number of ether oxygens (including phenoxy) is 1. The van der Waals surface area contributed by atoms with Gasteiger partial charge in [0.05, 0.1) is 6.61 Å². The molecule has 0 radical (unpaired) electrons. The summed E-state index contributed by atoms with van der Waals surface area (Å²) >= 11 is 0.501. The van der Waals surface area contributed by atoms with Crippen molar-refractivity contribution in [2.24, 2.45) is 11.8 Å². The molecule has 0 unspecified atom stereocenters. The van der Waals surface area contributed by atoms with Crippen LogP contribution in [0, 0.1) is 11.8 Å². The molecule has 1 heterocycles. The van der Waals surface area contributed by atoms with Crippen LogP contribution in [0.2, 0.25) is 0 Å². The van der Waals surface area contributed by atoms with Crippen molar-refractivity contribution in [2.75, 3.05) is 11.9 Å². The number of amides is 1. The van der Waals surface area contributed by atoms with Crippen molar-refractivity contribution in [3.63, 3.8) is 0 Å². The van der Waals surface area contributed by atoms with Crippen molar-refractivity contribution in [3.05, 3.63) is 10.6 Å². The van der Waals surface area contributed by atoms with E-state index >= 15 is 0 Å². The van der Waals surface area contributed by atoms with Crippen LogP contribution >= 0.6 is 11.3 Å². The quantitative estimate of drug-likeness (QED) is 0.626. The number of esters is 1. The molecule has 0 bridgehead atoms. The smallest absolute Gasteiger partial charge is 0.435 e. The molecule has 5 nitrogen and oxygen atoms in total. The number of hydrogen-bond donors (Lipinski definition) is 1. The predicted molar refractivity (Wildman–Crippen MR) is 96.7 cm³/mol. The first-order valence-electron chi connectivity index (χ1n) is 9.32. The van der Waals surface area contributed by atoms with E-state index < -0.39 is 22.7 Å². The van der Waals surface area contributed by atoms with Gasteiger partial charge in [-0.15, -0.1) is 0 Å². The minimum Gasteiger partial charge on any atom is -0.462 e. The van der Waals surface area contributed by atoms with Crippen molar-refractivity contribution in [1.82, 2.24) is 4.98 Å². The summed E-state index contributed by atoms with van der Waals surface area (Å²) in [6, 6.07) is 0. The van der Waals surface area contributed by atoms with Crippen molar-refractivity contribution in [2.45, 2.75) is 65.0 Å². The Balaban J connectivity index is 2.02. The van der Waals surface area contributed by atoms with Crippen LogP contribution in [0.25, 0.3) is 0 Å². The summed E-state index contributed by atoms with van der Waals surface area (Å²) in [7, 11) is 0. The van der Waals surface area contributed by atoms with Crippen LogP contribution in [0.3, 0.4) is 0 Å². The lowest BCUT2D eigenvalue weighted by molar-refractivity contribution is -0.141. The maximum absolute atomic E-state index is 13.1. The Morgan fingerprint density at radius 2 is 1.89 bits per heavy atom. The average molecular weight is 406 g/mol. The minimum absolute atomic E-state index is 0.0446. The molecule has 1 saturated carbocycles. The van der Waals surface area contributed by atoms with E-state index in [1.807, 2.05) is 0 Å². The minimum atomic E-state index is -4.79. The van der Waals surface area contributed by atoms with E-state index in [4.69, 9.17) is 0 Å². The number of carbonyl (C=O) groups excluding carboxylic acids is 2. The first-order valence-corrected chi connectivity index (χ1v) is 10.1. The number of nitrogens with zero attached hydrogens (tertiary/aromatic N) is 1. The molecule has 1 fully saturated rings. The van der Waals surface area contributed by atoms with Gasteiger partial charge in [0.1, 0.15) is 4.88 Å². The molecule has 0 saturated heterocycles. The zero-order valence-electron chi connectivity index (χ0n) is 15.5. The summed E-state index contributed by atoms with van der Waals surface area (Å²) in [5, 5.41) is 2.24. The summed E-state index contributed by atoms with van der Waals surface area (Å²) < 4.78 is 44.0. The lowest BCUT2D eigenvalue weighted by Crippen LogP contribution is -2.27. The highest BCUT2D eigenvalue weighted by atomic mass is 32.1. The van der Waals surface area contributed by atoms with E-state index in [1.165, 1.54) is 13.3 Å². The summed E-state index contributed by atoms with van der Waals surface area (Å²) in [5.74, 6) is -1.02. The Morgan fingerprint density at radius 1 is 1.22 bits per heavy atom. The van der Waals surface area contributed by atoms with E-state index in [9.17, 15) is 22.8 Å². The van der Waals surface area contributed by atoms with Crippen molar-refractivity contribution in [3.8, 4) is 0 Å². The average Bonchev–Trinajstić information content (AvgIpc) is 3.05.